The maximum absolute atomic E-state index is 13.9. The standard InChI is InChI=1S/C28H36O10/c1-8-35-23(29)13-17-12-21(33-6)22(34-7)14-18(17)19-11-10-16(3)20(15-24(30)36-9-2)28(19)25(31)37-27(4,5)38-26(28)32/h10,12,14,19-20H,8-9,11,13,15H2,1-7H3/t19-,20+/m1/s1. The molecule has 1 aliphatic heterocycles. The number of hydrogen-bond acceptors (Lipinski definition) is 10. The predicted molar refractivity (Wildman–Crippen MR) is 134 cm³/mol. The first-order valence-electron chi connectivity index (χ1n) is 12.6. The van der Waals surface area contributed by atoms with E-state index in [9.17, 15) is 19.2 Å². The van der Waals surface area contributed by atoms with Gasteiger partial charge in [-0.15, -0.1) is 0 Å². The highest BCUT2D eigenvalue weighted by molar-refractivity contribution is 6.04. The first-order chi connectivity index (χ1) is 17.9. The van der Waals surface area contributed by atoms with Crippen LogP contribution in [0.1, 0.15) is 64.5 Å². The van der Waals surface area contributed by atoms with Gasteiger partial charge in [-0.2, -0.15) is 0 Å². The van der Waals surface area contributed by atoms with E-state index in [-0.39, 0.29) is 32.5 Å². The summed E-state index contributed by atoms with van der Waals surface area (Å²) >= 11 is 0. The van der Waals surface area contributed by atoms with Gasteiger partial charge in [0, 0.05) is 25.7 Å². The highest BCUT2D eigenvalue weighted by Gasteiger charge is 2.66. The molecule has 10 nitrogen and oxygen atoms in total. The van der Waals surface area contributed by atoms with Gasteiger partial charge in [0.05, 0.1) is 40.3 Å². The van der Waals surface area contributed by atoms with Crippen LogP contribution in [0.15, 0.2) is 23.8 Å². The molecular weight excluding hydrogens is 496 g/mol. The zero-order chi connectivity index (χ0) is 28.3. The van der Waals surface area contributed by atoms with Gasteiger partial charge in [-0.25, -0.2) is 0 Å². The molecule has 0 saturated carbocycles. The van der Waals surface area contributed by atoms with Crippen molar-refractivity contribution in [1.29, 1.82) is 0 Å². The second-order valence-electron chi connectivity index (χ2n) is 9.73. The molecule has 1 aliphatic carbocycles. The molecule has 1 spiro atoms. The van der Waals surface area contributed by atoms with Gasteiger partial charge in [-0.05, 0) is 50.5 Å². The molecule has 0 N–H and O–H groups in total. The third-order valence-electron chi connectivity index (χ3n) is 7.01. The number of esters is 4. The Kier molecular flexibility index (Phi) is 8.74. The largest absolute Gasteiger partial charge is 0.493 e. The molecule has 0 aromatic heterocycles. The second kappa shape index (κ2) is 11.4. The van der Waals surface area contributed by atoms with Crippen molar-refractivity contribution in [2.75, 3.05) is 27.4 Å². The normalized spacial score (nSPS) is 21.6. The lowest BCUT2D eigenvalue weighted by Crippen LogP contribution is -2.61. The van der Waals surface area contributed by atoms with Crippen molar-refractivity contribution in [3.63, 3.8) is 0 Å². The molecule has 0 unspecified atom stereocenters. The van der Waals surface area contributed by atoms with Crippen LogP contribution >= 0.6 is 0 Å². The quantitative estimate of drug-likeness (QED) is 0.202. The molecule has 0 bridgehead atoms. The van der Waals surface area contributed by atoms with Crippen molar-refractivity contribution < 1.29 is 47.6 Å². The van der Waals surface area contributed by atoms with Crippen molar-refractivity contribution in [3.05, 3.63) is 34.9 Å². The number of rotatable bonds is 9. The number of allylic oxidation sites excluding steroid dienone is 2. The molecule has 0 radical (unpaired) electrons. The number of carbonyl (C=O) groups is 4. The average Bonchev–Trinajstić information content (AvgIpc) is 2.83. The van der Waals surface area contributed by atoms with Gasteiger partial charge in [0.15, 0.2) is 16.9 Å². The van der Waals surface area contributed by atoms with E-state index in [4.69, 9.17) is 28.4 Å². The Labute approximate surface area is 222 Å². The van der Waals surface area contributed by atoms with Gasteiger partial charge in [-0.1, -0.05) is 11.6 Å². The Morgan fingerprint density at radius 2 is 1.50 bits per heavy atom. The molecule has 208 valence electrons. The Morgan fingerprint density at radius 1 is 0.947 bits per heavy atom. The molecule has 2 atom stereocenters. The predicted octanol–water partition coefficient (Wildman–Crippen LogP) is 3.63. The minimum absolute atomic E-state index is 0.142. The van der Waals surface area contributed by atoms with Crippen LogP contribution in [0, 0.1) is 11.3 Å². The summed E-state index contributed by atoms with van der Waals surface area (Å²) in [5.74, 6) is -5.19. The van der Waals surface area contributed by atoms with Gasteiger partial charge in [0.1, 0.15) is 0 Å². The average molecular weight is 533 g/mol. The third-order valence-corrected chi connectivity index (χ3v) is 7.01. The van der Waals surface area contributed by atoms with Crippen LogP contribution in [-0.2, 0) is 44.5 Å². The maximum atomic E-state index is 13.9. The van der Waals surface area contributed by atoms with Crippen LogP contribution in [0.5, 0.6) is 11.5 Å². The number of benzene rings is 1. The maximum Gasteiger partial charge on any atom is 0.328 e. The van der Waals surface area contributed by atoms with Crippen LogP contribution in [0.4, 0.5) is 0 Å². The monoisotopic (exact) mass is 532 g/mol. The summed E-state index contributed by atoms with van der Waals surface area (Å²) in [6.45, 7) is 8.41. The van der Waals surface area contributed by atoms with Crippen LogP contribution in [-0.4, -0.2) is 57.1 Å². The SMILES string of the molecule is CCOC(=O)Cc1cc(OC)c(OC)cc1[C@H]1CC=C(C)[C@H](CC(=O)OCC)C12C(=O)OC(C)(C)OC2=O. The molecule has 1 saturated heterocycles. The molecule has 10 heteroatoms. The highest BCUT2D eigenvalue weighted by atomic mass is 16.7. The summed E-state index contributed by atoms with van der Waals surface area (Å²) < 4.78 is 32.6. The molecule has 1 aromatic carbocycles. The fourth-order valence-electron chi connectivity index (χ4n) is 5.39. The molecule has 1 fully saturated rings. The molecule has 1 heterocycles. The third kappa shape index (κ3) is 5.35. The van der Waals surface area contributed by atoms with E-state index in [0.29, 0.717) is 28.2 Å². The van der Waals surface area contributed by atoms with Gasteiger partial charge in [-0.3, -0.25) is 19.2 Å². The van der Waals surface area contributed by atoms with Crippen molar-refractivity contribution >= 4 is 23.9 Å². The van der Waals surface area contributed by atoms with Crippen LogP contribution < -0.4 is 9.47 Å². The lowest BCUT2D eigenvalue weighted by molar-refractivity contribution is -0.257. The Balaban J connectivity index is 2.29. The van der Waals surface area contributed by atoms with Gasteiger partial charge >= 0.3 is 23.9 Å². The van der Waals surface area contributed by atoms with E-state index >= 15 is 0 Å². The van der Waals surface area contributed by atoms with Gasteiger partial charge in [0.2, 0.25) is 0 Å². The molecule has 3 rings (SSSR count). The van der Waals surface area contributed by atoms with Crippen LogP contribution in [0.3, 0.4) is 0 Å². The van der Waals surface area contributed by atoms with Crippen molar-refractivity contribution in [2.45, 2.75) is 65.6 Å². The fourth-order valence-corrected chi connectivity index (χ4v) is 5.39. The van der Waals surface area contributed by atoms with Gasteiger partial charge < -0.3 is 28.4 Å². The number of carbonyl (C=O) groups excluding carboxylic acids is 4. The van der Waals surface area contributed by atoms with E-state index < -0.39 is 46.9 Å². The van der Waals surface area contributed by atoms with Crippen molar-refractivity contribution in [3.8, 4) is 11.5 Å². The summed E-state index contributed by atoms with van der Waals surface area (Å²) in [5.41, 5.74) is -0.277. The van der Waals surface area contributed by atoms with E-state index in [1.807, 2.05) is 6.08 Å². The zero-order valence-electron chi connectivity index (χ0n) is 23.0. The summed E-state index contributed by atoms with van der Waals surface area (Å²) in [4.78, 5) is 53.1. The summed E-state index contributed by atoms with van der Waals surface area (Å²) in [6, 6.07) is 3.28. The van der Waals surface area contributed by atoms with E-state index in [1.54, 1.807) is 32.9 Å². The number of methoxy groups -OCH3 is 2. The van der Waals surface area contributed by atoms with E-state index in [2.05, 4.69) is 0 Å². The van der Waals surface area contributed by atoms with Crippen molar-refractivity contribution in [2.24, 2.45) is 11.3 Å². The van der Waals surface area contributed by atoms with Crippen molar-refractivity contribution in [1.82, 2.24) is 0 Å². The Morgan fingerprint density at radius 3 is 2.05 bits per heavy atom. The van der Waals surface area contributed by atoms with E-state index in [0.717, 1.165) is 0 Å². The smallest absolute Gasteiger partial charge is 0.328 e. The fraction of sp³-hybridized carbons (Fsp3) is 0.571. The zero-order valence-corrected chi connectivity index (χ0v) is 23.0. The number of hydrogen-bond donors (Lipinski definition) is 0. The minimum atomic E-state index is -1.91. The van der Waals surface area contributed by atoms with Crippen LogP contribution in [0.25, 0.3) is 0 Å². The highest BCUT2D eigenvalue weighted by Crippen LogP contribution is 2.57. The summed E-state index contributed by atoms with van der Waals surface area (Å²) in [5, 5.41) is 0. The van der Waals surface area contributed by atoms with E-state index in [1.165, 1.54) is 28.1 Å². The van der Waals surface area contributed by atoms with Gasteiger partial charge in [0.25, 0.3) is 5.79 Å². The molecule has 38 heavy (non-hydrogen) atoms. The summed E-state index contributed by atoms with van der Waals surface area (Å²) in [7, 11) is 2.93. The Bertz CT molecular complexity index is 1110. The number of ether oxygens (including phenoxy) is 6. The number of cyclic esters (lactones) is 2. The molecule has 1 aromatic rings. The lowest BCUT2D eigenvalue weighted by Gasteiger charge is -2.50. The van der Waals surface area contributed by atoms with Crippen LogP contribution in [0.2, 0.25) is 0 Å². The summed E-state index contributed by atoms with van der Waals surface area (Å²) in [6.07, 6.45) is 1.74. The molecule has 2 aliphatic rings. The first-order valence-corrected chi connectivity index (χ1v) is 12.6. The molecular formula is C28H36O10. The Hall–Kier alpha value is -3.56. The molecule has 0 amide bonds. The second-order valence-corrected chi connectivity index (χ2v) is 9.73. The topological polar surface area (TPSA) is 124 Å². The first kappa shape index (κ1) is 29.0. The lowest BCUT2D eigenvalue weighted by atomic mass is 9.56. The minimum Gasteiger partial charge on any atom is -0.493 e.